The molecule has 2 aromatic carbocycles. The van der Waals surface area contributed by atoms with Crippen LogP contribution >= 0.6 is 15.9 Å². The molecular weight excluding hydrogens is 576 g/mol. The van der Waals surface area contributed by atoms with Gasteiger partial charge in [-0.3, -0.25) is 9.59 Å². The van der Waals surface area contributed by atoms with Crippen LogP contribution < -0.4 is 20.1 Å². The van der Waals surface area contributed by atoms with Crippen LogP contribution in [0.3, 0.4) is 0 Å². The lowest BCUT2D eigenvalue weighted by Crippen LogP contribution is -2.43. The topological polar surface area (TPSA) is 109 Å². The second kappa shape index (κ2) is 10.4. The predicted molar refractivity (Wildman–Crippen MR) is 154 cm³/mol. The number of aromatic nitrogens is 2. The molecule has 0 atom stereocenters. The van der Waals surface area contributed by atoms with Gasteiger partial charge in [-0.2, -0.15) is 4.98 Å². The summed E-state index contributed by atoms with van der Waals surface area (Å²) < 4.78 is 12.3. The van der Waals surface area contributed by atoms with Crippen molar-refractivity contribution in [1.29, 1.82) is 0 Å². The zero-order chi connectivity index (χ0) is 28.0. The van der Waals surface area contributed by atoms with Crippen molar-refractivity contribution in [3.8, 4) is 17.4 Å². The van der Waals surface area contributed by atoms with Crippen LogP contribution in [-0.4, -0.2) is 71.9 Å². The van der Waals surface area contributed by atoms with Crippen molar-refractivity contribution in [3.05, 3.63) is 63.8 Å². The molecule has 3 heterocycles. The fourth-order valence-electron chi connectivity index (χ4n) is 5.56. The predicted octanol–water partition coefficient (Wildman–Crippen LogP) is 4.68. The Labute approximate surface area is 241 Å². The summed E-state index contributed by atoms with van der Waals surface area (Å²) >= 11 is 3.47. The number of methoxy groups -OCH3 is 1. The van der Waals surface area contributed by atoms with E-state index < -0.39 is 0 Å². The van der Waals surface area contributed by atoms with Crippen LogP contribution in [0.25, 0.3) is 0 Å². The van der Waals surface area contributed by atoms with Crippen molar-refractivity contribution >= 4 is 39.4 Å². The highest BCUT2D eigenvalue weighted by atomic mass is 79.9. The maximum Gasteiger partial charge on any atom is 0.258 e. The van der Waals surface area contributed by atoms with Gasteiger partial charge in [0.1, 0.15) is 11.5 Å². The number of hydrogen-bond donors (Lipinski definition) is 2. The zero-order valence-electron chi connectivity index (χ0n) is 22.7. The molecule has 0 radical (unpaired) electrons. The Bertz CT molecular complexity index is 1490. The first-order valence-corrected chi connectivity index (χ1v) is 14.1. The number of hydrogen-bond acceptors (Lipinski definition) is 8. The van der Waals surface area contributed by atoms with E-state index >= 15 is 0 Å². The van der Waals surface area contributed by atoms with Crippen molar-refractivity contribution in [2.45, 2.75) is 37.3 Å². The van der Waals surface area contributed by atoms with E-state index in [0.717, 1.165) is 44.3 Å². The number of carbonyl (C=O) groups is 2. The number of nitrogens with one attached hydrogen (secondary N) is 2. The summed E-state index contributed by atoms with van der Waals surface area (Å²) in [7, 11) is 5.49. The second-order valence-electron chi connectivity index (χ2n) is 10.6. The summed E-state index contributed by atoms with van der Waals surface area (Å²) in [6.45, 7) is 1.94. The molecule has 1 spiro atoms. The maximum absolute atomic E-state index is 13.1. The third-order valence-electron chi connectivity index (χ3n) is 8.09. The first-order chi connectivity index (χ1) is 19.3. The van der Waals surface area contributed by atoms with Gasteiger partial charge in [-0.05, 0) is 91.6 Å². The van der Waals surface area contributed by atoms with Gasteiger partial charge in [0.05, 0.1) is 34.6 Å². The van der Waals surface area contributed by atoms with E-state index in [1.807, 2.05) is 24.1 Å². The Hall–Kier alpha value is -3.70. The maximum atomic E-state index is 13.1. The number of anilines is 2. The van der Waals surface area contributed by atoms with Crippen molar-refractivity contribution < 1.29 is 19.1 Å². The molecule has 2 fully saturated rings. The Morgan fingerprint density at radius 1 is 1.12 bits per heavy atom. The molecule has 1 saturated heterocycles. The number of fused-ring (bicyclic) bond motifs is 2. The molecule has 3 aliphatic rings. The molecule has 2 N–H and O–H groups in total. The number of nitrogens with zero attached hydrogens (tertiary/aromatic N) is 4. The Morgan fingerprint density at radius 3 is 2.62 bits per heavy atom. The van der Waals surface area contributed by atoms with Gasteiger partial charge in [-0.15, -0.1) is 0 Å². The summed E-state index contributed by atoms with van der Waals surface area (Å²) in [6, 6.07) is 11.1. The average Bonchev–Trinajstić information content (AvgIpc) is 3.74. The highest BCUT2D eigenvalue weighted by molar-refractivity contribution is 9.10. The molecule has 1 aliphatic carbocycles. The Kier molecular flexibility index (Phi) is 6.87. The van der Waals surface area contributed by atoms with Crippen LogP contribution in [-0.2, 0) is 5.54 Å². The number of rotatable bonds is 7. The summed E-state index contributed by atoms with van der Waals surface area (Å²) in [5, 5.41) is 6.29. The quantitative estimate of drug-likeness (QED) is 0.399. The lowest BCUT2D eigenvalue weighted by Gasteiger charge is -2.29. The van der Waals surface area contributed by atoms with Crippen molar-refractivity contribution in [3.63, 3.8) is 0 Å². The standard InChI is InChI=1S/C29H31BrN6O4/c1-35-13-9-18(10-14-35)32-25(37)17-7-8-21(23(15-17)39-3)33-28-31-16-20(30)26(34-28)40-22-6-4-5-19-24(22)27(38)36(2)29(19)11-12-29/h4-8,15-16,18H,9-14H2,1-3H3,(H,32,37)(H,31,33,34). The normalized spacial score (nSPS) is 18.0. The van der Waals surface area contributed by atoms with Crippen LogP contribution in [0.5, 0.6) is 17.4 Å². The van der Waals surface area contributed by atoms with Crippen LogP contribution in [0.4, 0.5) is 11.6 Å². The summed E-state index contributed by atoms with van der Waals surface area (Å²) in [4.78, 5) is 38.9. The van der Waals surface area contributed by atoms with Crippen LogP contribution in [0.15, 0.2) is 47.1 Å². The third-order valence-corrected chi connectivity index (χ3v) is 8.64. The van der Waals surface area contributed by atoms with Crippen molar-refractivity contribution in [1.82, 2.24) is 25.1 Å². The first kappa shape index (κ1) is 26.5. The van der Waals surface area contributed by atoms with Gasteiger partial charge in [0.2, 0.25) is 11.8 Å². The highest BCUT2D eigenvalue weighted by Crippen LogP contribution is 2.57. The molecule has 208 valence electrons. The zero-order valence-corrected chi connectivity index (χ0v) is 24.2. The highest BCUT2D eigenvalue weighted by Gasteiger charge is 2.57. The van der Waals surface area contributed by atoms with Crippen molar-refractivity contribution in [2.75, 3.05) is 39.6 Å². The number of halogens is 1. The molecule has 0 unspecified atom stereocenters. The molecule has 11 heteroatoms. The molecule has 2 amide bonds. The minimum atomic E-state index is -0.200. The monoisotopic (exact) mass is 606 g/mol. The molecule has 6 rings (SSSR count). The summed E-state index contributed by atoms with van der Waals surface area (Å²) in [5.41, 5.74) is 2.50. The largest absolute Gasteiger partial charge is 0.495 e. The van der Waals surface area contributed by atoms with E-state index in [-0.39, 0.29) is 35.2 Å². The lowest BCUT2D eigenvalue weighted by molar-refractivity contribution is 0.0753. The minimum absolute atomic E-state index is 0.0451. The molecule has 1 aromatic heterocycles. The number of amides is 2. The van der Waals surface area contributed by atoms with E-state index in [0.29, 0.717) is 32.8 Å². The van der Waals surface area contributed by atoms with Crippen LogP contribution in [0, 0.1) is 0 Å². The second-order valence-corrected chi connectivity index (χ2v) is 11.5. The van der Waals surface area contributed by atoms with E-state index in [4.69, 9.17) is 9.47 Å². The molecule has 0 bridgehead atoms. The third kappa shape index (κ3) is 4.77. The number of carbonyl (C=O) groups excluding carboxylic acids is 2. The van der Waals surface area contributed by atoms with Gasteiger partial charge in [0.15, 0.2) is 0 Å². The smallest absolute Gasteiger partial charge is 0.258 e. The van der Waals surface area contributed by atoms with Gasteiger partial charge >= 0.3 is 0 Å². The van der Waals surface area contributed by atoms with E-state index in [1.165, 1.54) is 0 Å². The molecule has 2 aliphatic heterocycles. The lowest BCUT2D eigenvalue weighted by atomic mass is 10.0. The average molecular weight is 608 g/mol. The van der Waals surface area contributed by atoms with Crippen molar-refractivity contribution in [2.24, 2.45) is 0 Å². The van der Waals surface area contributed by atoms with Gasteiger partial charge in [0.25, 0.3) is 11.8 Å². The van der Waals surface area contributed by atoms with Gasteiger partial charge in [-0.25, -0.2) is 4.98 Å². The first-order valence-electron chi connectivity index (χ1n) is 13.4. The molecular formula is C29H31BrN6O4. The molecule has 10 nitrogen and oxygen atoms in total. The fraction of sp³-hybridized carbons (Fsp3) is 0.379. The van der Waals surface area contributed by atoms with Gasteiger partial charge < -0.3 is 29.9 Å². The van der Waals surface area contributed by atoms with E-state index in [1.54, 1.807) is 37.6 Å². The molecule has 3 aromatic rings. The van der Waals surface area contributed by atoms with Gasteiger partial charge in [-0.1, -0.05) is 12.1 Å². The summed E-state index contributed by atoms with van der Waals surface area (Å²) in [5.74, 6) is 1.31. The number of ether oxygens (including phenoxy) is 2. The fourth-order valence-corrected chi connectivity index (χ4v) is 5.83. The van der Waals surface area contributed by atoms with Crippen LogP contribution in [0.1, 0.15) is 52.0 Å². The Balaban J connectivity index is 1.20. The van der Waals surface area contributed by atoms with E-state index in [2.05, 4.69) is 48.5 Å². The minimum Gasteiger partial charge on any atom is -0.495 e. The molecule has 40 heavy (non-hydrogen) atoms. The number of piperidine rings is 1. The van der Waals surface area contributed by atoms with Crippen LogP contribution in [0.2, 0.25) is 0 Å². The molecule has 1 saturated carbocycles. The van der Waals surface area contributed by atoms with E-state index in [9.17, 15) is 9.59 Å². The Morgan fingerprint density at radius 2 is 1.90 bits per heavy atom. The number of benzene rings is 2. The summed E-state index contributed by atoms with van der Waals surface area (Å²) in [6.07, 6.45) is 5.36. The number of likely N-dealkylation sites (tertiary alicyclic amines) is 1. The van der Waals surface area contributed by atoms with Gasteiger partial charge in [0, 0.05) is 18.7 Å². The SMILES string of the molecule is COc1cc(C(=O)NC2CCN(C)CC2)ccc1Nc1ncc(Br)c(Oc2cccc3c2C(=O)N(C)C32CC2)n1.